The van der Waals surface area contributed by atoms with Gasteiger partial charge in [0.15, 0.2) is 11.2 Å². The van der Waals surface area contributed by atoms with Crippen LogP contribution >= 0.6 is 0 Å². The van der Waals surface area contributed by atoms with Crippen LogP contribution < -0.4 is 10.9 Å². The van der Waals surface area contributed by atoms with Gasteiger partial charge in [-0.05, 0) is 44.5 Å². The first kappa shape index (κ1) is 21.2. The number of nitrogens with zero attached hydrogens (tertiary/aromatic N) is 3. The molecule has 0 saturated carbocycles. The van der Waals surface area contributed by atoms with E-state index < -0.39 is 12.0 Å². The van der Waals surface area contributed by atoms with E-state index in [1.807, 2.05) is 13.8 Å². The number of carbonyl (C=O) groups is 2. The van der Waals surface area contributed by atoms with Crippen LogP contribution in [0.1, 0.15) is 62.3 Å². The Bertz CT molecular complexity index is 1120. The first-order chi connectivity index (χ1) is 14.4. The molecule has 158 valence electrons. The van der Waals surface area contributed by atoms with Gasteiger partial charge in [0.05, 0.1) is 18.5 Å². The predicted octanol–water partition coefficient (Wildman–Crippen LogP) is 3.01. The third-order valence-electron chi connectivity index (χ3n) is 4.99. The van der Waals surface area contributed by atoms with Crippen molar-refractivity contribution in [3.63, 3.8) is 0 Å². The maximum Gasteiger partial charge on any atom is 0.338 e. The molecular weight excluding hydrogens is 386 g/mol. The minimum Gasteiger partial charge on any atom is -0.462 e. The van der Waals surface area contributed by atoms with Gasteiger partial charge in [-0.3, -0.25) is 14.2 Å². The standard InChI is InChI=1S/C21H25N5O4/c1-5-12(3)17-25-16-18(22-11-23-20(16)28)26(17)13(4)19(27)24-15-9-7-14(8-10-15)21(29)30-6-2/h7-13H,5-6H2,1-4H3,(H,24,27)(H,22,23,28). The summed E-state index contributed by atoms with van der Waals surface area (Å²) in [6, 6.07) is 5.81. The van der Waals surface area contributed by atoms with Crippen LogP contribution in [0, 0.1) is 0 Å². The fourth-order valence-electron chi connectivity index (χ4n) is 3.12. The summed E-state index contributed by atoms with van der Waals surface area (Å²) >= 11 is 0. The molecule has 0 aliphatic rings. The average Bonchev–Trinajstić information content (AvgIpc) is 3.14. The van der Waals surface area contributed by atoms with Crippen molar-refractivity contribution in [3.8, 4) is 0 Å². The molecule has 2 N–H and O–H groups in total. The van der Waals surface area contributed by atoms with Crippen LogP contribution in [0.3, 0.4) is 0 Å². The van der Waals surface area contributed by atoms with Gasteiger partial charge >= 0.3 is 5.97 Å². The zero-order valence-corrected chi connectivity index (χ0v) is 17.4. The maximum atomic E-state index is 13.0. The van der Waals surface area contributed by atoms with E-state index >= 15 is 0 Å². The van der Waals surface area contributed by atoms with Gasteiger partial charge in [-0.15, -0.1) is 0 Å². The fourth-order valence-corrected chi connectivity index (χ4v) is 3.12. The largest absolute Gasteiger partial charge is 0.462 e. The molecule has 1 aromatic carbocycles. The number of aromatic nitrogens is 4. The number of esters is 1. The van der Waals surface area contributed by atoms with Crippen LogP contribution in [0.15, 0.2) is 35.4 Å². The summed E-state index contributed by atoms with van der Waals surface area (Å²) in [5.41, 5.74) is 1.19. The number of hydrogen-bond acceptors (Lipinski definition) is 6. The van der Waals surface area contributed by atoms with Crippen molar-refractivity contribution >= 4 is 28.7 Å². The van der Waals surface area contributed by atoms with E-state index in [-0.39, 0.29) is 22.9 Å². The summed E-state index contributed by atoms with van der Waals surface area (Å²) in [4.78, 5) is 48.1. The summed E-state index contributed by atoms with van der Waals surface area (Å²) in [6.07, 6.45) is 2.10. The Morgan fingerprint density at radius 2 is 1.90 bits per heavy atom. The number of rotatable bonds is 7. The number of anilines is 1. The van der Waals surface area contributed by atoms with Gasteiger partial charge in [0.1, 0.15) is 11.9 Å². The highest BCUT2D eigenvalue weighted by atomic mass is 16.5. The lowest BCUT2D eigenvalue weighted by Gasteiger charge is -2.19. The number of carbonyl (C=O) groups excluding carboxylic acids is 2. The van der Waals surface area contributed by atoms with E-state index in [9.17, 15) is 14.4 Å². The van der Waals surface area contributed by atoms with Gasteiger partial charge in [-0.2, -0.15) is 0 Å². The SMILES string of the molecule is CCOC(=O)c1ccc(NC(=O)C(C)n2c(C(C)CC)nc3c(=O)[nH]cnc32)cc1. The quantitative estimate of drug-likeness (QED) is 0.577. The second kappa shape index (κ2) is 8.89. The first-order valence-corrected chi connectivity index (χ1v) is 9.90. The number of amides is 1. The zero-order valence-electron chi connectivity index (χ0n) is 17.4. The minimum absolute atomic E-state index is 0.0395. The lowest BCUT2D eigenvalue weighted by Crippen LogP contribution is -2.26. The zero-order chi connectivity index (χ0) is 21.8. The van der Waals surface area contributed by atoms with Gasteiger partial charge in [-0.25, -0.2) is 14.8 Å². The monoisotopic (exact) mass is 411 g/mol. The van der Waals surface area contributed by atoms with Crippen LogP contribution in [0.4, 0.5) is 5.69 Å². The Balaban J connectivity index is 1.89. The molecule has 1 amide bonds. The third-order valence-corrected chi connectivity index (χ3v) is 4.99. The smallest absolute Gasteiger partial charge is 0.338 e. The van der Waals surface area contributed by atoms with E-state index in [2.05, 4.69) is 20.3 Å². The highest BCUT2D eigenvalue weighted by Gasteiger charge is 2.26. The molecular formula is C21H25N5O4. The van der Waals surface area contributed by atoms with E-state index in [1.54, 1.807) is 42.7 Å². The van der Waals surface area contributed by atoms with Crippen molar-refractivity contribution < 1.29 is 14.3 Å². The van der Waals surface area contributed by atoms with Crippen LogP contribution in [0.2, 0.25) is 0 Å². The minimum atomic E-state index is -0.655. The molecule has 0 bridgehead atoms. The molecule has 9 heteroatoms. The maximum absolute atomic E-state index is 13.0. The molecule has 0 aliphatic carbocycles. The van der Waals surface area contributed by atoms with Crippen molar-refractivity contribution in [1.29, 1.82) is 0 Å². The number of nitrogens with one attached hydrogen (secondary N) is 2. The summed E-state index contributed by atoms with van der Waals surface area (Å²) in [7, 11) is 0. The fraction of sp³-hybridized carbons (Fsp3) is 0.381. The van der Waals surface area contributed by atoms with Gasteiger partial charge < -0.3 is 15.0 Å². The van der Waals surface area contributed by atoms with Gasteiger partial charge in [0.2, 0.25) is 5.91 Å². The molecule has 2 heterocycles. The van der Waals surface area contributed by atoms with Gasteiger partial charge in [0.25, 0.3) is 5.56 Å². The average molecular weight is 411 g/mol. The van der Waals surface area contributed by atoms with Crippen LogP contribution in [0.25, 0.3) is 11.2 Å². The number of H-pyrrole nitrogens is 1. The molecule has 0 fully saturated rings. The van der Waals surface area contributed by atoms with E-state index in [1.165, 1.54) is 6.33 Å². The predicted molar refractivity (Wildman–Crippen MR) is 113 cm³/mol. The second-order valence-electron chi connectivity index (χ2n) is 7.02. The molecule has 3 aromatic rings. The summed E-state index contributed by atoms with van der Waals surface area (Å²) in [5.74, 6) is -0.0253. The number of benzene rings is 1. The number of ether oxygens (including phenoxy) is 1. The molecule has 2 atom stereocenters. The molecule has 0 spiro atoms. The van der Waals surface area contributed by atoms with Gasteiger partial charge in [-0.1, -0.05) is 13.8 Å². The summed E-state index contributed by atoms with van der Waals surface area (Å²) < 4.78 is 6.67. The van der Waals surface area contributed by atoms with Crippen LogP contribution in [-0.2, 0) is 9.53 Å². The second-order valence-corrected chi connectivity index (χ2v) is 7.02. The summed E-state index contributed by atoms with van der Waals surface area (Å²) in [6.45, 7) is 7.78. The lowest BCUT2D eigenvalue weighted by atomic mass is 10.1. The van der Waals surface area contributed by atoms with Gasteiger partial charge in [0, 0.05) is 11.6 Å². The van der Waals surface area contributed by atoms with Crippen molar-refractivity contribution in [2.24, 2.45) is 0 Å². The number of hydrogen-bond donors (Lipinski definition) is 2. The van der Waals surface area contributed by atoms with Crippen LogP contribution in [0.5, 0.6) is 0 Å². The van der Waals surface area contributed by atoms with Crippen molar-refractivity contribution in [2.75, 3.05) is 11.9 Å². The molecule has 9 nitrogen and oxygen atoms in total. The summed E-state index contributed by atoms with van der Waals surface area (Å²) in [5, 5.41) is 2.84. The molecule has 2 aromatic heterocycles. The number of imidazole rings is 1. The van der Waals surface area contributed by atoms with Crippen molar-refractivity contribution in [1.82, 2.24) is 19.5 Å². The third kappa shape index (κ3) is 4.10. The highest BCUT2D eigenvalue weighted by molar-refractivity contribution is 5.95. The van der Waals surface area contributed by atoms with Crippen molar-refractivity contribution in [3.05, 3.63) is 52.3 Å². The number of fused-ring (bicyclic) bond motifs is 1. The van der Waals surface area contributed by atoms with E-state index in [4.69, 9.17) is 4.74 Å². The molecule has 30 heavy (non-hydrogen) atoms. The Labute approximate surface area is 173 Å². The Kier molecular flexibility index (Phi) is 6.29. The van der Waals surface area contributed by atoms with Crippen molar-refractivity contribution in [2.45, 2.75) is 46.1 Å². The highest BCUT2D eigenvalue weighted by Crippen LogP contribution is 2.26. The molecule has 0 saturated heterocycles. The molecule has 2 unspecified atom stereocenters. The molecule has 0 radical (unpaired) electrons. The normalized spacial score (nSPS) is 13.1. The topological polar surface area (TPSA) is 119 Å². The molecule has 3 rings (SSSR count). The number of aromatic amines is 1. The first-order valence-electron chi connectivity index (χ1n) is 9.90. The van der Waals surface area contributed by atoms with E-state index in [0.717, 1.165) is 6.42 Å². The lowest BCUT2D eigenvalue weighted by molar-refractivity contribution is -0.118. The Hall–Kier alpha value is -3.49. The molecule has 0 aliphatic heterocycles. The Morgan fingerprint density at radius 3 is 2.53 bits per heavy atom. The Morgan fingerprint density at radius 1 is 1.20 bits per heavy atom. The van der Waals surface area contributed by atoms with Crippen LogP contribution in [-0.4, -0.2) is 38.0 Å². The van der Waals surface area contributed by atoms with E-state index in [0.29, 0.717) is 29.3 Å².